The molecule has 3 heterocycles. The molecular formula is C27H31N5O4S. The minimum atomic E-state index is -0.385. The summed E-state index contributed by atoms with van der Waals surface area (Å²) in [6.45, 7) is 7.45. The molecule has 0 unspecified atom stereocenters. The Balaban J connectivity index is 1.35. The first-order chi connectivity index (χ1) is 17.8. The molecule has 10 heteroatoms. The number of hydrogen-bond acceptors (Lipinski definition) is 7. The highest BCUT2D eigenvalue weighted by Gasteiger charge is 2.28. The molecule has 1 N–H and O–H groups in total. The van der Waals surface area contributed by atoms with Crippen molar-refractivity contribution in [1.82, 2.24) is 14.5 Å². The minimum absolute atomic E-state index is 0.167. The van der Waals surface area contributed by atoms with Gasteiger partial charge in [-0.25, -0.2) is 9.78 Å². The van der Waals surface area contributed by atoms with E-state index in [0.717, 1.165) is 38.8 Å². The molecule has 194 valence electrons. The van der Waals surface area contributed by atoms with E-state index in [4.69, 9.17) is 9.47 Å². The molecule has 2 amide bonds. The van der Waals surface area contributed by atoms with Crippen LogP contribution in [0.3, 0.4) is 0 Å². The van der Waals surface area contributed by atoms with Crippen molar-refractivity contribution in [3.8, 4) is 11.8 Å². The monoisotopic (exact) mass is 521 g/mol. The number of anilines is 1. The van der Waals surface area contributed by atoms with E-state index in [0.29, 0.717) is 43.0 Å². The second kappa shape index (κ2) is 11.5. The summed E-state index contributed by atoms with van der Waals surface area (Å²) >= 11 is 1.35. The molecule has 0 bridgehead atoms. The third-order valence-electron chi connectivity index (χ3n) is 6.39. The van der Waals surface area contributed by atoms with Crippen LogP contribution in [0.1, 0.15) is 45.1 Å². The molecule has 3 aromatic rings. The molecule has 4 rings (SSSR count). The number of ether oxygens (including phenoxy) is 2. The zero-order chi connectivity index (χ0) is 26.5. The van der Waals surface area contributed by atoms with Crippen LogP contribution in [0.4, 0.5) is 9.80 Å². The first-order valence-electron chi connectivity index (χ1n) is 12.2. The molecule has 37 heavy (non-hydrogen) atoms. The summed E-state index contributed by atoms with van der Waals surface area (Å²) in [7, 11) is 1.62. The maximum Gasteiger partial charge on any atom is 0.410 e. The highest BCUT2D eigenvalue weighted by molar-refractivity contribution is 7.16. The molecule has 1 aromatic carbocycles. The van der Waals surface area contributed by atoms with Gasteiger partial charge in [-0.1, -0.05) is 17.7 Å². The van der Waals surface area contributed by atoms with Gasteiger partial charge < -0.3 is 24.3 Å². The van der Waals surface area contributed by atoms with Crippen molar-refractivity contribution in [3.63, 3.8) is 0 Å². The third-order valence-corrected chi connectivity index (χ3v) is 7.52. The number of rotatable bonds is 8. The Labute approximate surface area is 220 Å². The van der Waals surface area contributed by atoms with Gasteiger partial charge >= 0.3 is 6.09 Å². The summed E-state index contributed by atoms with van der Waals surface area (Å²) < 4.78 is 12.9. The Hall–Kier alpha value is -3.84. The standard InChI is InChI=1S/C27H31N5O4S/c1-17-5-7-23(35-4)20(13-17)6-8-25(33)30-26-22(14-28)21-9-10-32(16-24(21)37-26)27(34)36-12-11-31-15-18(2)29-19(31)3/h5,7,13,15H,6,8-12,16H2,1-4H3,(H,30,33). The van der Waals surface area contributed by atoms with E-state index >= 15 is 0 Å². The van der Waals surface area contributed by atoms with Crippen LogP contribution in [0.2, 0.25) is 0 Å². The molecule has 2 aromatic heterocycles. The predicted molar refractivity (Wildman–Crippen MR) is 141 cm³/mol. The van der Waals surface area contributed by atoms with Crippen molar-refractivity contribution < 1.29 is 19.1 Å². The van der Waals surface area contributed by atoms with E-state index in [1.54, 1.807) is 12.0 Å². The van der Waals surface area contributed by atoms with Crippen LogP contribution in [-0.2, 0) is 35.5 Å². The fraction of sp³-hybridized carbons (Fsp3) is 0.407. The van der Waals surface area contributed by atoms with Crippen LogP contribution in [-0.4, -0.2) is 46.7 Å². The molecule has 0 radical (unpaired) electrons. The van der Waals surface area contributed by atoms with Crippen LogP contribution in [0.15, 0.2) is 24.4 Å². The minimum Gasteiger partial charge on any atom is -0.496 e. The summed E-state index contributed by atoms with van der Waals surface area (Å²) in [5, 5.41) is 13.2. The number of carbonyl (C=O) groups is 2. The summed E-state index contributed by atoms with van der Waals surface area (Å²) in [6.07, 6.45) is 2.88. The van der Waals surface area contributed by atoms with Crippen molar-refractivity contribution in [2.75, 3.05) is 25.6 Å². The number of nitrogens with zero attached hydrogens (tertiary/aromatic N) is 4. The van der Waals surface area contributed by atoms with Crippen LogP contribution in [0, 0.1) is 32.1 Å². The van der Waals surface area contributed by atoms with Gasteiger partial charge in [-0.15, -0.1) is 11.3 Å². The number of imidazole rings is 1. The van der Waals surface area contributed by atoms with E-state index in [9.17, 15) is 14.9 Å². The molecule has 0 atom stereocenters. The Morgan fingerprint density at radius 1 is 1.27 bits per heavy atom. The summed E-state index contributed by atoms with van der Waals surface area (Å²) in [4.78, 5) is 32.3. The largest absolute Gasteiger partial charge is 0.496 e. The number of aromatic nitrogens is 2. The van der Waals surface area contributed by atoms with Crippen molar-refractivity contribution >= 4 is 28.3 Å². The fourth-order valence-electron chi connectivity index (χ4n) is 4.52. The van der Waals surface area contributed by atoms with Gasteiger partial charge in [-0.2, -0.15) is 5.26 Å². The van der Waals surface area contributed by atoms with Gasteiger partial charge in [0.2, 0.25) is 5.91 Å². The molecule has 0 saturated carbocycles. The van der Waals surface area contributed by atoms with Gasteiger partial charge in [0.1, 0.15) is 29.3 Å². The van der Waals surface area contributed by atoms with Gasteiger partial charge in [0.25, 0.3) is 0 Å². The quantitative estimate of drug-likeness (QED) is 0.467. The number of hydrogen-bond donors (Lipinski definition) is 1. The number of benzene rings is 1. The lowest BCUT2D eigenvalue weighted by Crippen LogP contribution is -2.36. The molecule has 0 fully saturated rings. The van der Waals surface area contributed by atoms with Gasteiger partial charge in [0.15, 0.2) is 0 Å². The lowest BCUT2D eigenvalue weighted by Gasteiger charge is -2.26. The second-order valence-electron chi connectivity index (χ2n) is 9.09. The maximum absolute atomic E-state index is 12.7. The number of nitriles is 1. The van der Waals surface area contributed by atoms with E-state index in [-0.39, 0.29) is 25.0 Å². The van der Waals surface area contributed by atoms with Gasteiger partial charge in [-0.3, -0.25) is 4.79 Å². The van der Waals surface area contributed by atoms with Crippen LogP contribution >= 0.6 is 11.3 Å². The number of methoxy groups -OCH3 is 1. The first-order valence-corrected chi connectivity index (χ1v) is 13.0. The second-order valence-corrected chi connectivity index (χ2v) is 10.2. The molecular weight excluding hydrogens is 490 g/mol. The SMILES string of the molecule is COc1ccc(C)cc1CCC(=O)Nc1sc2c(c1C#N)CCN(C(=O)OCCn1cc(C)nc1C)C2. The molecule has 0 aliphatic carbocycles. The van der Waals surface area contributed by atoms with E-state index < -0.39 is 0 Å². The van der Waals surface area contributed by atoms with E-state index in [1.165, 1.54) is 11.3 Å². The number of amides is 2. The summed E-state index contributed by atoms with van der Waals surface area (Å²) in [6, 6.07) is 8.13. The number of carbonyl (C=O) groups excluding carboxylic acids is 2. The van der Waals surface area contributed by atoms with Crippen LogP contribution in [0.5, 0.6) is 5.75 Å². The van der Waals surface area contributed by atoms with Crippen LogP contribution < -0.4 is 10.1 Å². The Morgan fingerprint density at radius 3 is 2.78 bits per heavy atom. The summed E-state index contributed by atoms with van der Waals surface area (Å²) in [5.74, 6) is 1.47. The average molecular weight is 522 g/mol. The molecule has 1 aliphatic heterocycles. The zero-order valence-electron chi connectivity index (χ0n) is 21.6. The van der Waals surface area contributed by atoms with Crippen molar-refractivity contribution in [2.24, 2.45) is 0 Å². The molecule has 0 saturated heterocycles. The number of aryl methyl sites for hydroxylation is 4. The normalized spacial score (nSPS) is 12.6. The fourth-order valence-corrected chi connectivity index (χ4v) is 5.75. The molecule has 0 spiro atoms. The number of nitrogens with one attached hydrogen (secondary N) is 1. The predicted octanol–water partition coefficient (Wildman–Crippen LogP) is 4.52. The Morgan fingerprint density at radius 2 is 2.08 bits per heavy atom. The third kappa shape index (κ3) is 6.12. The Kier molecular flexibility index (Phi) is 8.14. The van der Waals surface area contributed by atoms with Crippen molar-refractivity contribution in [2.45, 2.75) is 53.1 Å². The maximum atomic E-state index is 12.7. The first kappa shape index (κ1) is 26.2. The van der Waals surface area contributed by atoms with Crippen molar-refractivity contribution in [1.29, 1.82) is 5.26 Å². The Bertz CT molecular complexity index is 1350. The lowest BCUT2D eigenvalue weighted by molar-refractivity contribution is -0.116. The number of fused-ring (bicyclic) bond motifs is 1. The smallest absolute Gasteiger partial charge is 0.410 e. The van der Waals surface area contributed by atoms with E-state index in [1.807, 2.05) is 49.7 Å². The molecule has 1 aliphatic rings. The van der Waals surface area contributed by atoms with Crippen molar-refractivity contribution in [3.05, 3.63) is 63.0 Å². The zero-order valence-corrected chi connectivity index (χ0v) is 22.4. The van der Waals surface area contributed by atoms with Crippen LogP contribution in [0.25, 0.3) is 0 Å². The highest BCUT2D eigenvalue weighted by Crippen LogP contribution is 2.37. The lowest BCUT2D eigenvalue weighted by atomic mass is 10.0. The van der Waals surface area contributed by atoms with Gasteiger partial charge in [0, 0.05) is 24.0 Å². The number of thiophene rings is 1. The molecule has 9 nitrogen and oxygen atoms in total. The summed E-state index contributed by atoms with van der Waals surface area (Å²) in [5.41, 5.74) is 4.38. The van der Waals surface area contributed by atoms with Gasteiger partial charge in [0.05, 0.1) is 31.5 Å². The highest BCUT2D eigenvalue weighted by atomic mass is 32.1. The average Bonchev–Trinajstić information content (AvgIpc) is 3.39. The van der Waals surface area contributed by atoms with Gasteiger partial charge in [-0.05, 0) is 50.8 Å². The topological polar surface area (TPSA) is 109 Å². The van der Waals surface area contributed by atoms with E-state index in [2.05, 4.69) is 16.4 Å².